The van der Waals surface area contributed by atoms with Crippen molar-refractivity contribution < 1.29 is 13.2 Å². The van der Waals surface area contributed by atoms with E-state index in [0.717, 1.165) is 22.4 Å². The summed E-state index contributed by atoms with van der Waals surface area (Å²) in [5.41, 5.74) is -0.506. The van der Waals surface area contributed by atoms with Gasteiger partial charge in [-0.1, -0.05) is 11.6 Å². The Morgan fingerprint density at radius 3 is 2.58 bits per heavy atom. The number of nitrogens with zero attached hydrogens (tertiary/aromatic N) is 6. The summed E-state index contributed by atoms with van der Waals surface area (Å²) in [6, 6.07) is 5.50. The molecule has 8 nitrogen and oxygen atoms in total. The number of alkyl halides is 3. The van der Waals surface area contributed by atoms with Gasteiger partial charge >= 0.3 is 6.18 Å². The molecule has 0 aromatic carbocycles. The van der Waals surface area contributed by atoms with Gasteiger partial charge in [-0.05, 0) is 29.8 Å². The molecule has 4 rings (SSSR count). The summed E-state index contributed by atoms with van der Waals surface area (Å²) >= 11 is 6.16. The lowest BCUT2D eigenvalue weighted by molar-refractivity contribution is -0.137. The van der Waals surface area contributed by atoms with Crippen LogP contribution in [0.5, 0.6) is 0 Å². The van der Waals surface area contributed by atoms with Crippen molar-refractivity contribution in [2.45, 2.75) is 12.7 Å². The minimum Gasteiger partial charge on any atom is -0.378 e. The standard InChI is InChI=1S/C19H13ClF3N7O/c20-17-14(26-8-12-3-4-25-16(7-12)29-6-5-24-11-29)10-28-30(18(17)31)15-2-1-13(9-27-15)19(21,22)23/h1-7,9-11,26H,8H2. The fourth-order valence-corrected chi connectivity index (χ4v) is 2.90. The molecule has 4 aromatic rings. The van der Waals surface area contributed by atoms with Gasteiger partial charge in [-0.3, -0.25) is 9.36 Å². The van der Waals surface area contributed by atoms with E-state index in [1.807, 2.05) is 6.07 Å². The van der Waals surface area contributed by atoms with Crippen LogP contribution in [-0.2, 0) is 12.7 Å². The van der Waals surface area contributed by atoms with Crippen LogP contribution in [-0.4, -0.2) is 29.3 Å². The summed E-state index contributed by atoms with van der Waals surface area (Å²) in [6.45, 7) is 0.327. The van der Waals surface area contributed by atoms with E-state index in [4.69, 9.17) is 11.6 Å². The van der Waals surface area contributed by atoms with Crippen LogP contribution in [0.3, 0.4) is 0 Å². The van der Waals surface area contributed by atoms with Crippen molar-refractivity contribution in [3.63, 3.8) is 0 Å². The van der Waals surface area contributed by atoms with E-state index in [0.29, 0.717) is 18.6 Å². The highest BCUT2D eigenvalue weighted by atomic mass is 35.5. The normalized spacial score (nSPS) is 11.5. The highest BCUT2D eigenvalue weighted by molar-refractivity contribution is 6.32. The van der Waals surface area contributed by atoms with Gasteiger partial charge in [-0.2, -0.15) is 23.0 Å². The molecule has 0 radical (unpaired) electrons. The zero-order valence-electron chi connectivity index (χ0n) is 15.6. The van der Waals surface area contributed by atoms with Crippen molar-refractivity contribution in [2.24, 2.45) is 0 Å². The van der Waals surface area contributed by atoms with Crippen LogP contribution >= 0.6 is 11.6 Å². The summed E-state index contributed by atoms with van der Waals surface area (Å²) in [4.78, 5) is 24.4. The first kappa shape index (κ1) is 20.5. The molecule has 0 aliphatic heterocycles. The zero-order chi connectivity index (χ0) is 22.0. The minimum absolute atomic E-state index is 0.0782. The number of aromatic nitrogens is 6. The Hall–Kier alpha value is -3.73. The number of rotatable bonds is 5. The highest BCUT2D eigenvalue weighted by Crippen LogP contribution is 2.28. The monoisotopic (exact) mass is 447 g/mol. The molecule has 0 bridgehead atoms. The van der Waals surface area contributed by atoms with Crippen molar-refractivity contribution in [3.05, 3.63) is 88.1 Å². The molecule has 0 aliphatic carbocycles. The van der Waals surface area contributed by atoms with E-state index in [9.17, 15) is 18.0 Å². The number of pyridine rings is 2. The Morgan fingerprint density at radius 2 is 1.90 bits per heavy atom. The van der Waals surface area contributed by atoms with Gasteiger partial charge in [-0.25, -0.2) is 15.0 Å². The third-order valence-corrected chi connectivity index (χ3v) is 4.64. The Kier molecular flexibility index (Phi) is 5.42. The Balaban J connectivity index is 1.53. The molecule has 0 aliphatic rings. The number of hydrogen-bond acceptors (Lipinski definition) is 6. The van der Waals surface area contributed by atoms with Crippen molar-refractivity contribution in [1.29, 1.82) is 0 Å². The topological polar surface area (TPSA) is 90.5 Å². The smallest absolute Gasteiger partial charge is 0.378 e. The summed E-state index contributed by atoms with van der Waals surface area (Å²) in [5, 5.41) is 6.81. The lowest BCUT2D eigenvalue weighted by atomic mass is 10.2. The van der Waals surface area contributed by atoms with Crippen LogP contribution in [0.4, 0.5) is 18.9 Å². The highest BCUT2D eigenvalue weighted by Gasteiger charge is 2.30. The first-order valence-corrected chi connectivity index (χ1v) is 9.19. The Bertz CT molecular complexity index is 1250. The van der Waals surface area contributed by atoms with E-state index in [1.54, 1.807) is 35.6 Å². The number of halogens is 4. The Labute approximate surface area is 178 Å². The van der Waals surface area contributed by atoms with Gasteiger partial charge in [0.2, 0.25) is 0 Å². The quantitative estimate of drug-likeness (QED) is 0.503. The lowest BCUT2D eigenvalue weighted by Crippen LogP contribution is -2.23. The molecule has 0 fully saturated rings. The predicted octanol–water partition coefficient (Wildman–Crippen LogP) is 3.49. The Morgan fingerprint density at radius 1 is 1.06 bits per heavy atom. The molecule has 0 saturated heterocycles. The molecule has 4 heterocycles. The fourth-order valence-electron chi connectivity index (χ4n) is 2.70. The zero-order valence-corrected chi connectivity index (χ0v) is 16.3. The predicted molar refractivity (Wildman–Crippen MR) is 106 cm³/mol. The molecule has 158 valence electrons. The second-order valence-corrected chi connectivity index (χ2v) is 6.72. The maximum atomic E-state index is 12.7. The van der Waals surface area contributed by atoms with Crippen LogP contribution < -0.4 is 10.9 Å². The van der Waals surface area contributed by atoms with Gasteiger partial charge in [0.05, 0.1) is 17.4 Å². The molecule has 0 saturated carbocycles. The van der Waals surface area contributed by atoms with Gasteiger partial charge in [0.1, 0.15) is 17.2 Å². The third kappa shape index (κ3) is 4.40. The largest absolute Gasteiger partial charge is 0.417 e. The van der Waals surface area contributed by atoms with Gasteiger partial charge < -0.3 is 5.32 Å². The number of hydrogen-bond donors (Lipinski definition) is 1. The molecule has 0 atom stereocenters. The van der Waals surface area contributed by atoms with Gasteiger partial charge in [0, 0.05) is 31.3 Å². The van der Waals surface area contributed by atoms with Crippen LogP contribution in [0.15, 0.2) is 66.4 Å². The second-order valence-electron chi connectivity index (χ2n) is 6.34. The number of anilines is 1. The SMILES string of the molecule is O=c1c(Cl)c(NCc2ccnc(-n3ccnc3)c2)cnn1-c1ccc(C(F)(F)F)cn1. The van der Waals surface area contributed by atoms with Crippen molar-refractivity contribution in [3.8, 4) is 11.6 Å². The molecule has 4 aromatic heterocycles. The molecule has 0 unspecified atom stereocenters. The summed E-state index contributed by atoms with van der Waals surface area (Å²) in [7, 11) is 0. The van der Waals surface area contributed by atoms with Gasteiger partial charge in [0.25, 0.3) is 5.56 Å². The molecule has 0 spiro atoms. The summed E-state index contributed by atoms with van der Waals surface area (Å²) < 4.78 is 40.6. The first-order valence-electron chi connectivity index (χ1n) is 8.81. The van der Waals surface area contributed by atoms with Gasteiger partial charge in [-0.15, -0.1) is 0 Å². The van der Waals surface area contributed by atoms with E-state index in [-0.39, 0.29) is 16.5 Å². The lowest BCUT2D eigenvalue weighted by Gasteiger charge is -2.11. The average Bonchev–Trinajstić information content (AvgIpc) is 3.30. The van der Waals surface area contributed by atoms with Crippen LogP contribution in [0.1, 0.15) is 11.1 Å². The number of nitrogens with one attached hydrogen (secondary N) is 1. The van der Waals surface area contributed by atoms with E-state index in [2.05, 4.69) is 25.4 Å². The van der Waals surface area contributed by atoms with Crippen molar-refractivity contribution in [2.75, 3.05) is 5.32 Å². The van der Waals surface area contributed by atoms with Crippen molar-refractivity contribution in [1.82, 2.24) is 29.3 Å². The molecule has 1 N–H and O–H groups in total. The second kappa shape index (κ2) is 8.19. The van der Waals surface area contributed by atoms with Crippen LogP contribution in [0.25, 0.3) is 11.6 Å². The maximum Gasteiger partial charge on any atom is 0.417 e. The van der Waals surface area contributed by atoms with Gasteiger partial charge in [0.15, 0.2) is 5.82 Å². The van der Waals surface area contributed by atoms with Crippen LogP contribution in [0, 0.1) is 0 Å². The molecule has 12 heteroatoms. The average molecular weight is 448 g/mol. The minimum atomic E-state index is -4.53. The summed E-state index contributed by atoms with van der Waals surface area (Å²) in [5.74, 6) is 0.593. The van der Waals surface area contributed by atoms with E-state index < -0.39 is 17.3 Å². The molecular formula is C19H13ClF3N7O. The molecular weight excluding hydrogens is 435 g/mol. The van der Waals surface area contributed by atoms with E-state index in [1.165, 1.54) is 6.20 Å². The first-order chi connectivity index (χ1) is 14.8. The molecule has 0 amide bonds. The number of imidazole rings is 1. The fraction of sp³-hybridized carbons (Fsp3) is 0.105. The maximum absolute atomic E-state index is 12.7. The van der Waals surface area contributed by atoms with Crippen LogP contribution in [0.2, 0.25) is 5.02 Å². The third-order valence-electron chi connectivity index (χ3n) is 4.27. The molecule has 31 heavy (non-hydrogen) atoms. The summed E-state index contributed by atoms with van der Waals surface area (Å²) in [6.07, 6.45) is 4.06. The van der Waals surface area contributed by atoms with Crippen molar-refractivity contribution >= 4 is 17.3 Å². The van der Waals surface area contributed by atoms with E-state index >= 15 is 0 Å².